The largest absolute Gasteiger partial charge is 0.492 e. The van der Waals surface area contributed by atoms with Gasteiger partial charge in [0.1, 0.15) is 26.1 Å². The lowest BCUT2D eigenvalue weighted by Crippen LogP contribution is -2.07. The third-order valence-corrected chi connectivity index (χ3v) is 18.4. The Bertz CT molecular complexity index is 5640. The van der Waals surface area contributed by atoms with Gasteiger partial charge in [0, 0.05) is 28.3 Å². The molecule has 0 spiro atoms. The summed E-state index contributed by atoms with van der Waals surface area (Å²) in [5.74, 6) is -2.89. The highest BCUT2D eigenvalue weighted by Gasteiger charge is 2.26. The average Bonchev–Trinajstić information content (AvgIpc) is 0.878. The first-order valence-electron chi connectivity index (χ1n) is 25.7. The van der Waals surface area contributed by atoms with Crippen molar-refractivity contribution in [2.24, 2.45) is 20.5 Å². The summed E-state index contributed by atoms with van der Waals surface area (Å²) in [7, 11) is -29.5. The van der Waals surface area contributed by atoms with Gasteiger partial charge in [-0.05, 0) is 158 Å². The van der Waals surface area contributed by atoms with Gasteiger partial charge in [0.2, 0.25) is 46.1 Å². The van der Waals surface area contributed by atoms with Crippen LogP contribution in [-0.4, -0.2) is 138 Å². The molecular formula is C50H38Cl2N18O20S6. The molecule has 0 aliphatic carbocycles. The maximum Gasteiger partial charge on any atom is 0.296 e. The van der Waals surface area contributed by atoms with E-state index in [1.807, 2.05) is 0 Å². The van der Waals surface area contributed by atoms with Crippen LogP contribution in [0.3, 0.4) is 0 Å². The monoisotopic (exact) mass is 1470 g/mol. The van der Waals surface area contributed by atoms with Crippen LogP contribution in [0.1, 0.15) is 11.4 Å². The highest BCUT2D eigenvalue weighted by atomic mass is 35.5. The summed E-state index contributed by atoms with van der Waals surface area (Å²) in [5, 5.41) is 55.7. The fourth-order valence-corrected chi connectivity index (χ4v) is 12.4. The highest BCUT2D eigenvalue weighted by molar-refractivity contribution is 7.87. The first kappa shape index (κ1) is 68.7. The number of hydrogen-bond donors (Lipinski definition) is 12. The summed E-state index contributed by atoms with van der Waals surface area (Å²) in [5.41, 5.74) is -2.58. The lowest BCUT2D eigenvalue weighted by Gasteiger charge is -2.14. The van der Waals surface area contributed by atoms with E-state index in [9.17, 15) is 88.0 Å². The molecule has 12 N–H and O–H groups in total. The molecule has 96 heavy (non-hydrogen) atoms. The van der Waals surface area contributed by atoms with E-state index in [1.165, 1.54) is 44.2 Å². The average molecular weight is 1470 g/mol. The van der Waals surface area contributed by atoms with E-state index in [1.54, 1.807) is 0 Å². The lowest BCUT2D eigenvalue weighted by molar-refractivity contribution is 0.434. The van der Waals surface area contributed by atoms with Crippen molar-refractivity contribution in [3.8, 4) is 34.3 Å². The number of rotatable bonds is 21. The molecule has 0 saturated heterocycles. The zero-order valence-corrected chi connectivity index (χ0v) is 53.9. The van der Waals surface area contributed by atoms with Crippen LogP contribution in [0.15, 0.2) is 171 Å². The van der Waals surface area contributed by atoms with E-state index in [0.29, 0.717) is 0 Å². The van der Waals surface area contributed by atoms with Crippen molar-refractivity contribution in [1.29, 1.82) is 0 Å². The molecule has 10 aromatic rings. The Morgan fingerprint density at radius 3 is 1.09 bits per heavy atom. The van der Waals surface area contributed by atoms with Crippen LogP contribution in [0.5, 0.6) is 11.8 Å². The molecule has 4 heterocycles. The Morgan fingerprint density at radius 1 is 0.375 bits per heavy atom. The predicted molar refractivity (Wildman–Crippen MR) is 335 cm³/mol. The van der Waals surface area contributed by atoms with E-state index in [2.05, 4.69) is 81.8 Å². The van der Waals surface area contributed by atoms with Crippen LogP contribution >= 0.6 is 23.2 Å². The van der Waals surface area contributed by atoms with Crippen molar-refractivity contribution < 1.29 is 88.0 Å². The molecule has 38 nitrogen and oxygen atoms in total. The summed E-state index contributed by atoms with van der Waals surface area (Å²) in [6.07, 6.45) is 0. The number of aromatic nitrogens is 10. The van der Waals surface area contributed by atoms with Gasteiger partial charge in [-0.2, -0.15) is 100.0 Å². The predicted octanol–water partition coefficient (Wildman–Crippen LogP) is 8.72. The third kappa shape index (κ3) is 15.8. The summed E-state index contributed by atoms with van der Waals surface area (Å²) in [6, 6.07) is 21.2. The second-order valence-electron chi connectivity index (χ2n) is 19.4. The standard InChI is InChI=1S/C50H38Cl2N18O20S6/c1-23-41(43(71)69(67-23)30-6-10-32(11-7-30)91(73,74)75)65-63-36-20-26(4-15-38(36)94(82,83)84)53-47-57-45(51)59-49(61-47)55-28-3-14-35(40(22-28)96(88,89)90)25-17-29(19-34(18-25)93(79,80)81)56-50-60-46(52)58-48(62-50)54-27-5-16-39(95(85,86)87)37(21-27)64-66-42-24(2)68-70(44(42)72)31-8-12-33(13-9-31)92(76,77)78/h3-22,71-72H,1-2H3,(H,73,74,75)(H,76,77,78)(H,79,80,81)(H,82,83,84)(H,85,86,87)(H,88,89,90)(H2,53,55,57,59,61)(H2,54,56,58,60,62). The summed E-state index contributed by atoms with van der Waals surface area (Å²) < 4.78 is 209. The molecular weight excluding hydrogens is 1440 g/mol. The van der Waals surface area contributed by atoms with E-state index < -0.39 is 142 Å². The van der Waals surface area contributed by atoms with Gasteiger partial charge in [0.15, 0.2) is 11.4 Å². The second kappa shape index (κ2) is 25.8. The summed E-state index contributed by atoms with van der Waals surface area (Å²) >= 11 is 12.5. The number of hydrogen-bond acceptors (Lipinski definition) is 30. The van der Waals surface area contributed by atoms with Crippen molar-refractivity contribution in [1.82, 2.24) is 49.5 Å². The SMILES string of the molecule is Cc1nn(-c2ccc(S(=O)(=O)O)cc2)c(O)c1N=Nc1cc(Nc2nc(Cl)nc(Nc3cc(-c4ccc(Nc5nc(Cl)nc(Nc6ccc(S(=O)(=O)O)c(N=Nc7c(C)nn(-c8ccc(S(=O)(=O)O)cc8)c7O)c6)n5)cc4S(=O)(=O)O)cc(S(=O)(=O)O)c3)n2)ccc1S(=O)(=O)O. The van der Waals surface area contributed by atoms with Gasteiger partial charge in [-0.3, -0.25) is 27.3 Å². The van der Waals surface area contributed by atoms with Gasteiger partial charge >= 0.3 is 0 Å². The normalized spacial score (nSPS) is 12.6. The molecule has 0 aliphatic rings. The zero-order valence-electron chi connectivity index (χ0n) is 47.5. The van der Waals surface area contributed by atoms with E-state index >= 15 is 0 Å². The minimum Gasteiger partial charge on any atom is -0.492 e. The Morgan fingerprint density at radius 2 is 0.729 bits per heavy atom. The molecule has 4 aromatic heterocycles. The minimum atomic E-state index is -5.27. The van der Waals surface area contributed by atoms with Gasteiger partial charge in [-0.1, -0.05) is 6.07 Å². The molecule has 0 amide bonds. The number of aromatic hydroxyl groups is 2. The number of nitrogens with zero attached hydrogens (tertiary/aromatic N) is 14. The maximum absolute atomic E-state index is 13.1. The number of halogens is 2. The van der Waals surface area contributed by atoms with Gasteiger partial charge in [0.25, 0.3) is 60.7 Å². The van der Waals surface area contributed by atoms with Gasteiger partial charge < -0.3 is 31.5 Å². The first-order chi connectivity index (χ1) is 44.7. The molecule has 46 heteroatoms. The molecule has 0 saturated carbocycles. The second-order valence-corrected chi connectivity index (χ2v) is 28.5. The highest BCUT2D eigenvalue weighted by Crippen LogP contribution is 2.40. The van der Waals surface area contributed by atoms with Crippen LogP contribution in [0.2, 0.25) is 10.6 Å². The van der Waals surface area contributed by atoms with Crippen LogP contribution in [0.4, 0.5) is 69.3 Å². The van der Waals surface area contributed by atoms with Crippen LogP contribution < -0.4 is 21.3 Å². The number of benzene rings is 6. The van der Waals surface area contributed by atoms with E-state index in [0.717, 1.165) is 100 Å². The van der Waals surface area contributed by atoms with Crippen LogP contribution in [-0.2, 0) is 60.7 Å². The quantitative estimate of drug-likeness (QED) is 0.0236. The van der Waals surface area contributed by atoms with Crippen LogP contribution in [0.25, 0.3) is 22.5 Å². The Labute approximate surface area is 549 Å². The van der Waals surface area contributed by atoms with Crippen molar-refractivity contribution in [2.75, 3.05) is 21.3 Å². The first-order valence-corrected chi connectivity index (χ1v) is 35.1. The summed E-state index contributed by atoms with van der Waals surface area (Å²) in [6.45, 7) is 2.78. The Kier molecular flexibility index (Phi) is 18.5. The van der Waals surface area contributed by atoms with E-state index in [4.69, 9.17) is 23.2 Å². The molecule has 0 bridgehead atoms. The molecule has 6 aromatic carbocycles. The number of anilines is 8. The van der Waals surface area contributed by atoms with Crippen molar-refractivity contribution in [3.05, 3.63) is 143 Å². The number of azo groups is 2. The molecule has 0 aliphatic heterocycles. The van der Waals surface area contributed by atoms with Crippen molar-refractivity contribution >= 4 is 153 Å². The summed E-state index contributed by atoms with van der Waals surface area (Å²) in [4.78, 5) is 20.1. The molecule has 0 fully saturated rings. The smallest absolute Gasteiger partial charge is 0.296 e. The number of nitrogens with one attached hydrogen (secondary N) is 4. The van der Waals surface area contributed by atoms with Gasteiger partial charge in [0.05, 0.1) is 37.4 Å². The molecule has 10 rings (SSSR count). The van der Waals surface area contributed by atoms with E-state index in [-0.39, 0.29) is 74.0 Å². The van der Waals surface area contributed by atoms with Gasteiger partial charge in [-0.15, -0.1) is 20.5 Å². The topological polar surface area (TPSA) is 577 Å². The fraction of sp³-hybridized carbons (Fsp3) is 0.0400. The fourth-order valence-electron chi connectivity index (χ4n) is 8.58. The lowest BCUT2D eigenvalue weighted by atomic mass is 10.0. The third-order valence-electron chi connectivity index (χ3n) is 12.8. The molecule has 0 unspecified atom stereocenters. The zero-order chi connectivity index (χ0) is 69.8. The van der Waals surface area contributed by atoms with Crippen LogP contribution in [0, 0.1) is 13.8 Å². The Balaban J connectivity index is 0.895. The Hall–Kier alpha value is -10.2. The van der Waals surface area contributed by atoms with Crippen molar-refractivity contribution in [2.45, 2.75) is 43.2 Å². The van der Waals surface area contributed by atoms with Crippen molar-refractivity contribution in [3.63, 3.8) is 0 Å². The minimum absolute atomic E-state index is 0.0306. The number of aryl methyl sites for hydroxylation is 2. The maximum atomic E-state index is 13.1. The molecule has 498 valence electrons. The molecule has 0 atom stereocenters. The van der Waals surface area contributed by atoms with Gasteiger partial charge in [-0.25, -0.2) is 0 Å². The molecule has 0 radical (unpaired) electrons.